The highest BCUT2D eigenvalue weighted by atomic mass is 35.5. The molecule has 1 aromatic carbocycles. The molecule has 0 radical (unpaired) electrons. The molecule has 3 heterocycles. The number of aromatic nitrogens is 2. The van der Waals surface area contributed by atoms with E-state index in [1.807, 2.05) is 6.20 Å². The van der Waals surface area contributed by atoms with Gasteiger partial charge in [0.15, 0.2) is 9.84 Å². The van der Waals surface area contributed by atoms with E-state index in [2.05, 4.69) is 15.5 Å². The molecule has 7 heteroatoms. The molecule has 2 bridgehead atoms. The van der Waals surface area contributed by atoms with Gasteiger partial charge in [-0.1, -0.05) is 11.6 Å². The zero-order valence-corrected chi connectivity index (χ0v) is 14.1. The van der Waals surface area contributed by atoms with E-state index < -0.39 is 9.84 Å². The Morgan fingerprint density at radius 1 is 1.17 bits per heavy atom. The van der Waals surface area contributed by atoms with Gasteiger partial charge in [0, 0.05) is 34.8 Å². The molecule has 2 aromatic rings. The number of fused-ring (bicyclic) bond motifs is 4. The van der Waals surface area contributed by atoms with Crippen LogP contribution in [0.25, 0.3) is 0 Å². The van der Waals surface area contributed by atoms with Crippen molar-refractivity contribution in [2.24, 2.45) is 0 Å². The van der Waals surface area contributed by atoms with E-state index in [9.17, 15) is 8.42 Å². The average molecular weight is 352 g/mol. The van der Waals surface area contributed by atoms with E-state index in [0.29, 0.717) is 22.8 Å². The molecule has 1 aromatic heterocycles. The summed E-state index contributed by atoms with van der Waals surface area (Å²) in [4.78, 5) is 0.364. The van der Waals surface area contributed by atoms with Crippen LogP contribution in [0.3, 0.4) is 0 Å². The van der Waals surface area contributed by atoms with Crippen molar-refractivity contribution < 1.29 is 8.42 Å². The van der Waals surface area contributed by atoms with Crippen LogP contribution in [0.5, 0.6) is 0 Å². The second-order valence-electron chi connectivity index (χ2n) is 6.36. The van der Waals surface area contributed by atoms with Crippen molar-refractivity contribution in [3.63, 3.8) is 0 Å². The monoisotopic (exact) mass is 351 g/mol. The highest BCUT2D eigenvalue weighted by molar-refractivity contribution is 7.92. The Balaban J connectivity index is 1.62. The molecule has 3 atom stereocenters. The van der Waals surface area contributed by atoms with Crippen LogP contribution in [0.15, 0.2) is 35.4 Å². The number of H-pyrrole nitrogens is 1. The summed E-state index contributed by atoms with van der Waals surface area (Å²) < 4.78 is 25.9. The molecular weight excluding hydrogens is 334 g/mol. The Morgan fingerprint density at radius 3 is 2.74 bits per heavy atom. The summed E-state index contributed by atoms with van der Waals surface area (Å²) in [6, 6.07) is 6.86. The lowest BCUT2D eigenvalue weighted by Gasteiger charge is -2.28. The van der Waals surface area contributed by atoms with E-state index in [1.165, 1.54) is 5.56 Å². The first-order valence-electron chi connectivity index (χ1n) is 7.81. The molecule has 0 aliphatic carbocycles. The maximum absolute atomic E-state index is 13.0. The van der Waals surface area contributed by atoms with Crippen LogP contribution in [0.2, 0.25) is 5.02 Å². The zero-order valence-electron chi connectivity index (χ0n) is 12.5. The van der Waals surface area contributed by atoms with Crippen molar-refractivity contribution in [2.75, 3.05) is 0 Å². The highest BCUT2D eigenvalue weighted by Crippen LogP contribution is 2.36. The summed E-state index contributed by atoms with van der Waals surface area (Å²) >= 11 is 5.87. The van der Waals surface area contributed by atoms with Crippen molar-refractivity contribution in [3.05, 3.63) is 46.7 Å². The summed E-state index contributed by atoms with van der Waals surface area (Å²) in [5.41, 5.74) is 2.33. The number of nitrogens with zero attached hydrogens (tertiary/aromatic N) is 1. The Bertz CT molecular complexity index is 816. The van der Waals surface area contributed by atoms with Crippen LogP contribution < -0.4 is 5.32 Å². The second-order valence-corrected chi connectivity index (χ2v) is 9.02. The first kappa shape index (κ1) is 15.2. The van der Waals surface area contributed by atoms with Gasteiger partial charge < -0.3 is 5.32 Å². The fourth-order valence-electron chi connectivity index (χ4n) is 3.74. The van der Waals surface area contributed by atoms with Crippen molar-refractivity contribution in [3.8, 4) is 0 Å². The van der Waals surface area contributed by atoms with E-state index in [1.54, 1.807) is 24.3 Å². The van der Waals surface area contributed by atoms with Gasteiger partial charge in [0.25, 0.3) is 0 Å². The lowest BCUT2D eigenvalue weighted by Crippen LogP contribution is -2.39. The number of sulfone groups is 1. The van der Waals surface area contributed by atoms with Crippen LogP contribution >= 0.6 is 11.6 Å². The largest absolute Gasteiger partial charge is 0.307 e. The van der Waals surface area contributed by atoms with Gasteiger partial charge in [0.05, 0.1) is 16.3 Å². The molecule has 0 spiro atoms. The molecule has 23 heavy (non-hydrogen) atoms. The van der Waals surface area contributed by atoms with Crippen molar-refractivity contribution in [2.45, 2.75) is 47.9 Å². The van der Waals surface area contributed by atoms with Crippen molar-refractivity contribution >= 4 is 21.4 Å². The molecule has 0 saturated carbocycles. The Kier molecular flexibility index (Phi) is 3.70. The summed E-state index contributed by atoms with van der Waals surface area (Å²) in [7, 11) is -3.34. The van der Waals surface area contributed by atoms with Gasteiger partial charge in [-0.3, -0.25) is 5.10 Å². The van der Waals surface area contributed by atoms with Crippen molar-refractivity contribution in [1.82, 2.24) is 15.5 Å². The number of nitrogens with one attached hydrogen (secondary N) is 2. The maximum Gasteiger partial charge on any atom is 0.181 e. The highest BCUT2D eigenvalue weighted by Gasteiger charge is 2.38. The predicted octanol–water partition coefficient (Wildman–Crippen LogP) is 2.64. The van der Waals surface area contributed by atoms with Crippen molar-refractivity contribution in [1.29, 1.82) is 0 Å². The smallest absolute Gasteiger partial charge is 0.181 e. The third kappa shape index (κ3) is 2.69. The van der Waals surface area contributed by atoms with Gasteiger partial charge in [-0.15, -0.1) is 0 Å². The molecule has 3 unspecified atom stereocenters. The molecule has 1 saturated heterocycles. The van der Waals surface area contributed by atoms with Crippen LogP contribution in [0.1, 0.15) is 36.6 Å². The minimum atomic E-state index is -3.34. The van der Waals surface area contributed by atoms with Gasteiger partial charge in [-0.2, -0.15) is 5.10 Å². The predicted molar refractivity (Wildman–Crippen MR) is 88.2 cm³/mol. The third-order valence-corrected chi connectivity index (χ3v) is 7.41. The molecule has 2 aliphatic rings. The molecular formula is C16H18ClN3O2S. The summed E-state index contributed by atoms with van der Waals surface area (Å²) in [6.45, 7) is 0. The molecule has 2 N–H and O–H groups in total. The third-order valence-electron chi connectivity index (χ3n) is 4.92. The Hall–Kier alpha value is -1.37. The van der Waals surface area contributed by atoms with E-state index in [-0.39, 0.29) is 17.3 Å². The van der Waals surface area contributed by atoms with Gasteiger partial charge in [0.1, 0.15) is 0 Å². The van der Waals surface area contributed by atoms with Crippen LogP contribution in [-0.2, 0) is 16.3 Å². The Morgan fingerprint density at radius 2 is 1.96 bits per heavy atom. The van der Waals surface area contributed by atoms with Gasteiger partial charge >= 0.3 is 0 Å². The number of benzene rings is 1. The number of hydrogen-bond donors (Lipinski definition) is 2. The lowest BCUT2D eigenvalue weighted by molar-refractivity contribution is 0.405. The number of aromatic amines is 1. The quantitative estimate of drug-likeness (QED) is 0.872. The van der Waals surface area contributed by atoms with Gasteiger partial charge in [0.2, 0.25) is 0 Å². The molecule has 5 nitrogen and oxygen atoms in total. The fourth-order valence-corrected chi connectivity index (χ4v) is 5.70. The fraction of sp³-hybridized carbons (Fsp3) is 0.438. The topological polar surface area (TPSA) is 74.8 Å². The zero-order chi connectivity index (χ0) is 16.0. The molecule has 4 rings (SSSR count). The van der Waals surface area contributed by atoms with E-state index in [0.717, 1.165) is 18.5 Å². The molecule has 2 aliphatic heterocycles. The molecule has 1 fully saturated rings. The van der Waals surface area contributed by atoms with Crippen LogP contribution in [-0.4, -0.2) is 29.9 Å². The molecule has 0 amide bonds. The second kappa shape index (κ2) is 5.61. The standard InChI is InChI=1S/C16H18ClN3O2S/c17-10-1-3-12(4-2-10)23(21,22)13-5-6-15-14-9-18-20-16(14)8-11(7-13)19-15/h1-4,9,11,13,15,19H,5-8H2,(H,18,20). The molecule has 122 valence electrons. The summed E-state index contributed by atoms with van der Waals surface area (Å²) in [5, 5.41) is 10.9. The van der Waals surface area contributed by atoms with Gasteiger partial charge in [-0.25, -0.2) is 8.42 Å². The van der Waals surface area contributed by atoms with E-state index >= 15 is 0 Å². The normalized spacial score (nSPS) is 27.3. The number of halogens is 1. The van der Waals surface area contributed by atoms with Crippen LogP contribution in [0, 0.1) is 0 Å². The SMILES string of the molecule is O=S(=O)(c1ccc(Cl)cc1)C1CCC2NC(Cc3[nH]ncc32)C1. The Labute approximate surface area is 140 Å². The summed E-state index contributed by atoms with van der Waals surface area (Å²) in [6.07, 6.45) is 4.75. The van der Waals surface area contributed by atoms with E-state index in [4.69, 9.17) is 11.6 Å². The summed E-state index contributed by atoms with van der Waals surface area (Å²) in [5.74, 6) is 0. The first-order chi connectivity index (χ1) is 11.0. The van der Waals surface area contributed by atoms with Crippen LogP contribution in [0.4, 0.5) is 0 Å². The first-order valence-corrected chi connectivity index (χ1v) is 9.74. The number of hydrogen-bond acceptors (Lipinski definition) is 4. The van der Waals surface area contributed by atoms with Gasteiger partial charge in [-0.05, 0) is 43.5 Å². The maximum atomic E-state index is 13.0. The lowest BCUT2D eigenvalue weighted by atomic mass is 9.95. The number of rotatable bonds is 2. The minimum absolute atomic E-state index is 0.169. The minimum Gasteiger partial charge on any atom is -0.307 e. The average Bonchev–Trinajstić information content (AvgIpc) is 2.92.